The van der Waals surface area contributed by atoms with E-state index in [4.69, 9.17) is 4.43 Å². The molecule has 0 spiro atoms. The lowest BCUT2D eigenvalue weighted by Gasteiger charge is -2.28. The summed E-state index contributed by atoms with van der Waals surface area (Å²) >= 11 is 0. The van der Waals surface area contributed by atoms with Gasteiger partial charge >= 0.3 is 0 Å². The van der Waals surface area contributed by atoms with Crippen LogP contribution in [0.4, 0.5) is 5.69 Å². The molecule has 1 radical (unpaired) electrons. The number of rotatable bonds is 5. The first kappa shape index (κ1) is 17.4. The van der Waals surface area contributed by atoms with E-state index in [-0.39, 0.29) is 15.6 Å². The molecule has 0 atom stereocenters. The van der Waals surface area contributed by atoms with E-state index < -0.39 is 9.04 Å². The van der Waals surface area contributed by atoms with Crippen molar-refractivity contribution < 1.29 is 9.35 Å². The van der Waals surface area contributed by atoms with E-state index >= 15 is 0 Å². The Balaban J connectivity index is 2.18. The van der Waals surface area contributed by atoms with Crippen molar-refractivity contribution in [2.45, 2.75) is 39.3 Å². The van der Waals surface area contributed by atoms with E-state index in [0.717, 1.165) is 11.1 Å². The largest absolute Gasteiger partial charge is 0.407 e. The third kappa shape index (κ3) is 4.50. The number of benzene rings is 2. The molecule has 0 unspecified atom stereocenters. The van der Waals surface area contributed by atoms with Crippen LogP contribution in [0.3, 0.4) is 0 Å². The van der Waals surface area contributed by atoms with Gasteiger partial charge < -0.3 is 4.43 Å². The van der Waals surface area contributed by atoms with Crippen molar-refractivity contribution in [2.24, 2.45) is 0 Å². The van der Waals surface area contributed by atoms with Gasteiger partial charge in [-0.1, -0.05) is 51.1 Å². The predicted octanol–water partition coefficient (Wildman–Crippen LogP) is 4.12. The maximum Gasteiger partial charge on any atom is 0.269 e. The molecule has 4 nitrogen and oxygen atoms in total. The van der Waals surface area contributed by atoms with E-state index in [1.54, 1.807) is 12.1 Å². The Kier molecular flexibility index (Phi) is 5.33. The molecule has 0 bridgehead atoms. The fourth-order valence-corrected chi connectivity index (χ4v) is 4.69. The van der Waals surface area contributed by atoms with E-state index in [0.29, 0.717) is 6.61 Å². The molecule has 0 aliphatic carbocycles. The van der Waals surface area contributed by atoms with Crippen LogP contribution in [-0.4, -0.2) is 14.0 Å². The smallest absolute Gasteiger partial charge is 0.269 e. The molecule has 0 aromatic heterocycles. The average Bonchev–Trinajstić information content (AvgIpc) is 2.48. The molecule has 2 rings (SSSR count). The van der Waals surface area contributed by atoms with Crippen LogP contribution in [0.1, 0.15) is 31.9 Å². The minimum absolute atomic E-state index is 0.0563. The summed E-state index contributed by atoms with van der Waals surface area (Å²) in [6.07, 6.45) is 0. The van der Waals surface area contributed by atoms with Crippen molar-refractivity contribution in [3.05, 3.63) is 69.8 Å². The molecule has 0 amide bonds. The van der Waals surface area contributed by atoms with Gasteiger partial charge in [0.15, 0.2) is 0 Å². The number of aryl methyl sites for hydroxylation is 1. The van der Waals surface area contributed by atoms with Gasteiger partial charge in [0.2, 0.25) is 0 Å². The third-order valence-electron chi connectivity index (χ3n) is 3.63. The molecule has 0 fully saturated rings. The molecule has 0 N–H and O–H groups in total. The van der Waals surface area contributed by atoms with Gasteiger partial charge in [0.25, 0.3) is 14.7 Å². The molecule has 121 valence electrons. The summed E-state index contributed by atoms with van der Waals surface area (Å²) in [6.45, 7) is 8.94. The van der Waals surface area contributed by atoms with Crippen LogP contribution in [0.15, 0.2) is 48.5 Å². The lowest BCUT2D eigenvalue weighted by atomic mass is 10.1. The summed E-state index contributed by atoms with van der Waals surface area (Å²) in [5.74, 6) is 0. The highest BCUT2D eigenvalue weighted by molar-refractivity contribution is 6.70. The van der Waals surface area contributed by atoms with Crippen LogP contribution in [0, 0.1) is 17.0 Å². The van der Waals surface area contributed by atoms with Crippen molar-refractivity contribution in [3.63, 3.8) is 0 Å². The number of nitro benzene ring substituents is 1. The van der Waals surface area contributed by atoms with Gasteiger partial charge in [0, 0.05) is 12.1 Å². The second kappa shape index (κ2) is 7.06. The molecule has 0 aliphatic rings. The molecule has 2 aromatic rings. The summed E-state index contributed by atoms with van der Waals surface area (Å²) in [5.41, 5.74) is 2.01. The van der Waals surface area contributed by atoms with E-state index in [2.05, 4.69) is 32.9 Å². The van der Waals surface area contributed by atoms with Crippen LogP contribution in [-0.2, 0) is 11.0 Å². The number of nitrogens with zero attached hydrogens (tertiary/aromatic N) is 1. The zero-order valence-electron chi connectivity index (χ0n) is 14.0. The summed E-state index contributed by atoms with van der Waals surface area (Å²) in [5, 5.41) is 12.1. The van der Waals surface area contributed by atoms with Gasteiger partial charge in [-0.15, -0.1) is 0 Å². The van der Waals surface area contributed by atoms with E-state index in [1.165, 1.54) is 11.3 Å². The number of nitro groups is 1. The molecule has 0 heterocycles. The zero-order valence-corrected chi connectivity index (χ0v) is 15.0. The van der Waals surface area contributed by atoms with Crippen molar-refractivity contribution in [1.82, 2.24) is 0 Å². The first-order valence-electron chi connectivity index (χ1n) is 7.58. The second-order valence-corrected chi connectivity index (χ2v) is 9.63. The van der Waals surface area contributed by atoms with Crippen LogP contribution in [0.25, 0.3) is 0 Å². The SMILES string of the molecule is Cc1cc([N+](=O)[O-])ccc1CO[Si](c1ccccc1)C(C)(C)C. The molecule has 0 aliphatic heterocycles. The molecule has 2 aromatic carbocycles. The van der Waals surface area contributed by atoms with Crippen molar-refractivity contribution >= 4 is 19.9 Å². The minimum atomic E-state index is -1.21. The normalized spacial score (nSPS) is 11.7. The van der Waals surface area contributed by atoms with Gasteiger partial charge in [-0.25, -0.2) is 0 Å². The Morgan fingerprint density at radius 3 is 2.30 bits per heavy atom. The maximum atomic E-state index is 10.8. The zero-order chi connectivity index (χ0) is 17.0. The Morgan fingerprint density at radius 1 is 1.13 bits per heavy atom. The lowest BCUT2D eigenvalue weighted by Crippen LogP contribution is -2.41. The van der Waals surface area contributed by atoms with Crippen LogP contribution >= 0.6 is 0 Å². The molecular formula is C18H22NO3Si. The second-order valence-electron chi connectivity index (χ2n) is 6.60. The van der Waals surface area contributed by atoms with Gasteiger partial charge in [0.1, 0.15) is 0 Å². The minimum Gasteiger partial charge on any atom is -0.407 e. The Hall–Kier alpha value is -1.98. The van der Waals surface area contributed by atoms with Gasteiger partial charge in [-0.2, -0.15) is 0 Å². The highest BCUT2D eigenvalue weighted by Gasteiger charge is 2.31. The van der Waals surface area contributed by atoms with E-state index in [1.807, 2.05) is 25.1 Å². The summed E-state index contributed by atoms with van der Waals surface area (Å²) in [4.78, 5) is 10.5. The number of hydrogen-bond acceptors (Lipinski definition) is 3. The fraction of sp³-hybridized carbons (Fsp3) is 0.333. The fourth-order valence-electron chi connectivity index (χ4n) is 2.43. The molecule has 0 saturated heterocycles. The van der Waals surface area contributed by atoms with Gasteiger partial charge in [-0.05, 0) is 34.3 Å². The first-order valence-corrected chi connectivity index (χ1v) is 8.99. The average molecular weight is 328 g/mol. The predicted molar refractivity (Wildman–Crippen MR) is 94.2 cm³/mol. The summed E-state index contributed by atoms with van der Waals surface area (Å²) < 4.78 is 6.29. The number of hydrogen-bond donors (Lipinski definition) is 0. The summed E-state index contributed by atoms with van der Waals surface area (Å²) in [7, 11) is -1.21. The summed E-state index contributed by atoms with van der Waals surface area (Å²) in [6, 6.07) is 15.2. The van der Waals surface area contributed by atoms with Crippen molar-refractivity contribution in [1.29, 1.82) is 0 Å². The highest BCUT2D eigenvalue weighted by atomic mass is 28.3. The van der Waals surface area contributed by atoms with Crippen LogP contribution in [0.2, 0.25) is 5.04 Å². The topological polar surface area (TPSA) is 52.4 Å². The van der Waals surface area contributed by atoms with Crippen LogP contribution in [0.5, 0.6) is 0 Å². The van der Waals surface area contributed by atoms with Crippen molar-refractivity contribution in [2.75, 3.05) is 0 Å². The highest BCUT2D eigenvalue weighted by Crippen LogP contribution is 2.28. The quantitative estimate of drug-likeness (QED) is 0.471. The number of non-ortho nitro benzene ring substituents is 1. The monoisotopic (exact) mass is 328 g/mol. The Labute approximate surface area is 139 Å². The molecule has 5 heteroatoms. The Morgan fingerprint density at radius 2 is 1.78 bits per heavy atom. The van der Waals surface area contributed by atoms with Gasteiger partial charge in [-0.3, -0.25) is 10.1 Å². The van der Waals surface area contributed by atoms with E-state index in [9.17, 15) is 10.1 Å². The lowest BCUT2D eigenvalue weighted by molar-refractivity contribution is -0.384. The van der Waals surface area contributed by atoms with Crippen LogP contribution < -0.4 is 5.19 Å². The maximum absolute atomic E-state index is 10.8. The molecule has 23 heavy (non-hydrogen) atoms. The first-order chi connectivity index (χ1) is 10.8. The molecular weight excluding hydrogens is 306 g/mol. The van der Waals surface area contributed by atoms with Gasteiger partial charge in [0.05, 0.1) is 11.5 Å². The van der Waals surface area contributed by atoms with Crippen molar-refractivity contribution in [3.8, 4) is 0 Å². The third-order valence-corrected chi connectivity index (χ3v) is 6.28. The standard InChI is InChI=1S/C18H22NO3Si/c1-14-12-16(19(20)21)11-10-15(14)13-22-23(18(2,3)4)17-8-6-5-7-9-17/h5-12H,13H2,1-4H3. The Bertz CT molecular complexity index is 680. The molecule has 0 saturated carbocycles.